The number of hydrogen-bond donors (Lipinski definition) is 3. The third kappa shape index (κ3) is 6.94. The topological polar surface area (TPSA) is 78.4 Å². The molecule has 0 aromatic carbocycles. The molecular weight excluding hydrogens is 220 g/mol. The average Bonchev–Trinajstić information content (AvgIpc) is 2.16. The van der Waals surface area contributed by atoms with E-state index in [1.165, 1.54) is 0 Å². The molecule has 0 aromatic rings. The van der Waals surface area contributed by atoms with Crippen LogP contribution >= 0.6 is 0 Å². The Morgan fingerprint density at radius 3 is 2.24 bits per heavy atom. The van der Waals surface area contributed by atoms with E-state index in [2.05, 4.69) is 10.6 Å². The smallest absolute Gasteiger partial charge is 0.308 e. The van der Waals surface area contributed by atoms with Crippen LogP contribution in [0.15, 0.2) is 0 Å². The lowest BCUT2D eigenvalue weighted by Gasteiger charge is -2.18. The van der Waals surface area contributed by atoms with E-state index >= 15 is 0 Å². The summed E-state index contributed by atoms with van der Waals surface area (Å²) in [7, 11) is 0. The maximum Gasteiger partial charge on any atom is 0.308 e. The van der Waals surface area contributed by atoms with Crippen LogP contribution in [0.25, 0.3) is 0 Å². The first kappa shape index (κ1) is 15.9. The molecule has 0 aromatic heterocycles. The van der Waals surface area contributed by atoms with E-state index in [4.69, 9.17) is 5.11 Å². The number of nitrogens with one attached hydrogen (secondary N) is 2. The Morgan fingerprint density at radius 1 is 1.24 bits per heavy atom. The van der Waals surface area contributed by atoms with E-state index in [-0.39, 0.29) is 24.4 Å². The van der Waals surface area contributed by atoms with Gasteiger partial charge in [-0.05, 0) is 19.4 Å². The highest BCUT2D eigenvalue weighted by Gasteiger charge is 2.22. The fourth-order valence-corrected chi connectivity index (χ4v) is 1.60. The van der Waals surface area contributed by atoms with Crippen molar-refractivity contribution in [3.63, 3.8) is 0 Å². The van der Waals surface area contributed by atoms with Gasteiger partial charge in [0.05, 0.1) is 5.92 Å². The molecule has 0 fully saturated rings. The molecule has 0 rings (SSSR count). The van der Waals surface area contributed by atoms with Gasteiger partial charge in [-0.15, -0.1) is 0 Å². The zero-order chi connectivity index (χ0) is 13.4. The van der Waals surface area contributed by atoms with Crippen LogP contribution in [0.1, 0.15) is 34.1 Å². The Labute approximate surface area is 103 Å². The summed E-state index contributed by atoms with van der Waals surface area (Å²) in [6.45, 7) is 8.61. The van der Waals surface area contributed by atoms with Gasteiger partial charge >= 0.3 is 5.97 Å². The van der Waals surface area contributed by atoms with Gasteiger partial charge in [-0.3, -0.25) is 9.59 Å². The first-order chi connectivity index (χ1) is 7.88. The average molecular weight is 244 g/mol. The molecular formula is C12H24N2O3. The first-order valence-corrected chi connectivity index (χ1v) is 6.11. The minimum atomic E-state index is -0.861. The maximum atomic E-state index is 11.5. The number of amides is 1. The maximum absolute atomic E-state index is 11.5. The highest BCUT2D eigenvalue weighted by atomic mass is 16.4. The van der Waals surface area contributed by atoms with E-state index in [1.807, 2.05) is 27.7 Å². The molecule has 5 heteroatoms. The van der Waals surface area contributed by atoms with Crippen molar-refractivity contribution >= 4 is 11.9 Å². The van der Waals surface area contributed by atoms with Crippen LogP contribution < -0.4 is 10.6 Å². The summed E-state index contributed by atoms with van der Waals surface area (Å²) in [5.74, 6) is -1.47. The molecule has 0 heterocycles. The van der Waals surface area contributed by atoms with Crippen LogP contribution in [-0.2, 0) is 9.59 Å². The van der Waals surface area contributed by atoms with E-state index in [0.29, 0.717) is 6.42 Å². The van der Waals surface area contributed by atoms with Gasteiger partial charge in [0, 0.05) is 19.0 Å². The number of carboxylic acid groups (broad SMARTS) is 1. The molecule has 0 aliphatic heterocycles. The predicted octanol–water partition coefficient (Wildman–Crippen LogP) is 0.847. The van der Waals surface area contributed by atoms with Crippen molar-refractivity contribution in [1.29, 1.82) is 0 Å². The van der Waals surface area contributed by atoms with Gasteiger partial charge in [0.25, 0.3) is 0 Å². The van der Waals surface area contributed by atoms with Gasteiger partial charge in [-0.25, -0.2) is 0 Å². The number of carboxylic acids is 1. The lowest BCUT2D eigenvalue weighted by atomic mass is 9.96. The number of aliphatic carboxylic acids is 1. The Morgan fingerprint density at radius 2 is 1.82 bits per heavy atom. The van der Waals surface area contributed by atoms with Gasteiger partial charge in [-0.2, -0.15) is 0 Å². The summed E-state index contributed by atoms with van der Waals surface area (Å²) in [5, 5.41) is 14.8. The molecule has 5 nitrogen and oxygen atoms in total. The summed E-state index contributed by atoms with van der Waals surface area (Å²) >= 11 is 0. The van der Waals surface area contributed by atoms with Gasteiger partial charge < -0.3 is 15.7 Å². The lowest BCUT2D eigenvalue weighted by molar-refractivity contribution is -0.143. The Balaban J connectivity index is 4.01. The monoisotopic (exact) mass is 244 g/mol. The Hall–Kier alpha value is -1.10. The summed E-state index contributed by atoms with van der Waals surface area (Å²) < 4.78 is 0. The van der Waals surface area contributed by atoms with E-state index in [0.717, 1.165) is 6.54 Å². The van der Waals surface area contributed by atoms with Crippen LogP contribution in [0.3, 0.4) is 0 Å². The van der Waals surface area contributed by atoms with E-state index in [1.54, 1.807) is 0 Å². The number of hydrogen-bond acceptors (Lipinski definition) is 3. The van der Waals surface area contributed by atoms with E-state index < -0.39 is 11.9 Å². The molecule has 100 valence electrons. The molecule has 2 atom stereocenters. The highest BCUT2D eigenvalue weighted by Crippen LogP contribution is 2.09. The van der Waals surface area contributed by atoms with Gasteiger partial charge in [0.2, 0.25) is 5.91 Å². The molecule has 1 amide bonds. The summed E-state index contributed by atoms with van der Waals surface area (Å²) in [6, 6.07) is 0.113. The molecule has 3 N–H and O–H groups in total. The normalized spacial score (nSPS) is 14.4. The van der Waals surface area contributed by atoms with Crippen molar-refractivity contribution < 1.29 is 14.7 Å². The standard InChI is InChI=1S/C12H24N2O3/c1-5-13-9(4)6-11(15)14-7-10(8(2)3)12(16)17/h8-10,13H,5-7H2,1-4H3,(H,14,15)(H,16,17). The van der Waals surface area contributed by atoms with Crippen molar-refractivity contribution in [2.24, 2.45) is 11.8 Å². The van der Waals surface area contributed by atoms with Crippen LogP contribution in [0.2, 0.25) is 0 Å². The fraction of sp³-hybridized carbons (Fsp3) is 0.833. The van der Waals surface area contributed by atoms with Crippen molar-refractivity contribution in [2.45, 2.75) is 40.2 Å². The van der Waals surface area contributed by atoms with Crippen molar-refractivity contribution in [3.8, 4) is 0 Å². The van der Waals surface area contributed by atoms with Crippen LogP contribution in [-0.4, -0.2) is 36.1 Å². The second-order valence-electron chi connectivity index (χ2n) is 4.66. The number of carbonyl (C=O) groups excluding carboxylic acids is 1. The lowest BCUT2D eigenvalue weighted by Crippen LogP contribution is -2.38. The van der Waals surface area contributed by atoms with Gasteiger partial charge in [0.15, 0.2) is 0 Å². The highest BCUT2D eigenvalue weighted by molar-refractivity contribution is 5.77. The summed E-state index contributed by atoms with van der Waals surface area (Å²) in [4.78, 5) is 22.4. The molecule has 0 spiro atoms. The minimum absolute atomic E-state index is 0.0130. The molecule has 0 saturated carbocycles. The number of rotatable bonds is 8. The van der Waals surface area contributed by atoms with Crippen molar-refractivity contribution in [1.82, 2.24) is 10.6 Å². The van der Waals surface area contributed by atoms with Crippen LogP contribution in [0, 0.1) is 11.8 Å². The van der Waals surface area contributed by atoms with Crippen molar-refractivity contribution in [3.05, 3.63) is 0 Å². The van der Waals surface area contributed by atoms with E-state index in [9.17, 15) is 9.59 Å². The van der Waals surface area contributed by atoms with Gasteiger partial charge in [0.1, 0.15) is 0 Å². The molecule has 0 saturated heterocycles. The summed E-state index contributed by atoms with van der Waals surface area (Å²) in [5.41, 5.74) is 0. The molecule has 2 unspecified atom stereocenters. The first-order valence-electron chi connectivity index (χ1n) is 6.11. The fourth-order valence-electron chi connectivity index (χ4n) is 1.60. The minimum Gasteiger partial charge on any atom is -0.481 e. The molecule has 0 aliphatic carbocycles. The van der Waals surface area contributed by atoms with Crippen molar-refractivity contribution in [2.75, 3.05) is 13.1 Å². The van der Waals surface area contributed by atoms with Crippen LogP contribution in [0.5, 0.6) is 0 Å². The Kier molecular flexibility index (Phi) is 7.54. The SMILES string of the molecule is CCNC(C)CC(=O)NCC(C(=O)O)C(C)C. The number of carbonyl (C=O) groups is 2. The second-order valence-corrected chi connectivity index (χ2v) is 4.66. The largest absolute Gasteiger partial charge is 0.481 e. The summed E-state index contributed by atoms with van der Waals surface area (Å²) in [6.07, 6.45) is 0.373. The zero-order valence-corrected chi connectivity index (χ0v) is 11.1. The Bertz CT molecular complexity index is 254. The molecule has 17 heavy (non-hydrogen) atoms. The molecule has 0 radical (unpaired) electrons. The molecule has 0 aliphatic rings. The third-order valence-electron chi connectivity index (χ3n) is 2.69. The molecule has 0 bridgehead atoms. The van der Waals surface area contributed by atoms with Gasteiger partial charge in [-0.1, -0.05) is 20.8 Å². The third-order valence-corrected chi connectivity index (χ3v) is 2.69. The quantitative estimate of drug-likeness (QED) is 0.591. The second kappa shape index (κ2) is 8.06. The zero-order valence-electron chi connectivity index (χ0n) is 11.1. The predicted molar refractivity (Wildman–Crippen MR) is 66.7 cm³/mol. The van der Waals surface area contributed by atoms with Crippen LogP contribution in [0.4, 0.5) is 0 Å².